The van der Waals surface area contributed by atoms with Crippen LogP contribution in [0.25, 0.3) is 0 Å². The van der Waals surface area contributed by atoms with Gasteiger partial charge in [-0.25, -0.2) is 0 Å². The molecule has 1 rings (SSSR count). The van der Waals surface area contributed by atoms with Crippen molar-refractivity contribution in [1.29, 1.82) is 0 Å². The van der Waals surface area contributed by atoms with E-state index in [9.17, 15) is 0 Å². The Morgan fingerprint density at radius 1 is 1.53 bits per heavy atom. The van der Waals surface area contributed by atoms with Crippen LogP contribution in [-0.2, 0) is 0 Å². The maximum Gasteiger partial charge on any atom is 0.119 e. The number of hydrogen-bond donors (Lipinski definition) is 1. The zero-order valence-electron chi connectivity index (χ0n) is 8.92. The summed E-state index contributed by atoms with van der Waals surface area (Å²) in [5.41, 5.74) is 1.26. The van der Waals surface area contributed by atoms with Crippen LogP contribution in [0, 0.1) is 10.5 Å². The molecule has 1 N–H and O–H groups in total. The smallest absolute Gasteiger partial charge is 0.119 e. The van der Waals surface area contributed by atoms with Crippen molar-refractivity contribution in [2.24, 2.45) is 0 Å². The van der Waals surface area contributed by atoms with Crippen molar-refractivity contribution in [3.05, 3.63) is 40.0 Å². The van der Waals surface area contributed by atoms with Gasteiger partial charge in [-0.2, -0.15) is 0 Å². The Hall–Kier alpha value is -0.550. The molecule has 0 aliphatic rings. The van der Waals surface area contributed by atoms with Crippen molar-refractivity contribution in [3.63, 3.8) is 0 Å². The van der Waals surface area contributed by atoms with Crippen LogP contribution in [0.4, 0.5) is 0 Å². The summed E-state index contributed by atoms with van der Waals surface area (Å²) in [5.74, 6) is 0.938. The molecule has 0 spiro atoms. The average Bonchev–Trinajstić information content (AvgIpc) is 2.23. The van der Waals surface area contributed by atoms with Crippen molar-refractivity contribution >= 4 is 22.6 Å². The number of hydrogen-bond acceptors (Lipinski definition) is 2. The topological polar surface area (TPSA) is 21.3 Å². The molecule has 0 bridgehead atoms. The number of halogens is 1. The Morgan fingerprint density at radius 2 is 2.33 bits per heavy atom. The minimum Gasteiger partial charge on any atom is -0.492 e. The van der Waals surface area contributed by atoms with Crippen LogP contribution in [0.1, 0.15) is 5.56 Å². The molecule has 0 aliphatic heterocycles. The highest BCUT2D eigenvalue weighted by Gasteiger charge is 1.97. The van der Waals surface area contributed by atoms with Crippen LogP contribution in [0.15, 0.2) is 30.9 Å². The minimum absolute atomic E-state index is 0.688. The van der Waals surface area contributed by atoms with Crippen LogP contribution < -0.4 is 10.1 Å². The quantitative estimate of drug-likeness (QED) is 0.495. The van der Waals surface area contributed by atoms with Crippen LogP contribution in [0.5, 0.6) is 5.75 Å². The predicted octanol–water partition coefficient (Wildman–Crippen LogP) is 2.75. The third-order valence-corrected chi connectivity index (χ3v) is 3.18. The van der Waals surface area contributed by atoms with Gasteiger partial charge in [0.05, 0.1) is 0 Å². The van der Waals surface area contributed by atoms with Gasteiger partial charge in [-0.1, -0.05) is 6.08 Å². The highest BCUT2D eigenvalue weighted by atomic mass is 127. The van der Waals surface area contributed by atoms with E-state index >= 15 is 0 Å². The summed E-state index contributed by atoms with van der Waals surface area (Å²) in [6, 6.07) is 6.14. The SMILES string of the molecule is C=CCNCCOc1ccc(I)c(C)c1. The standard InChI is InChI=1S/C12H16INO/c1-3-6-14-7-8-15-11-4-5-12(13)10(2)9-11/h3-5,9,14H,1,6-8H2,2H3. The Balaban J connectivity index is 2.31. The van der Waals surface area contributed by atoms with Gasteiger partial charge < -0.3 is 10.1 Å². The lowest BCUT2D eigenvalue weighted by Gasteiger charge is -2.07. The Morgan fingerprint density at radius 3 is 3.00 bits per heavy atom. The molecular weight excluding hydrogens is 301 g/mol. The lowest BCUT2D eigenvalue weighted by molar-refractivity contribution is 0.316. The highest BCUT2D eigenvalue weighted by Crippen LogP contribution is 2.18. The Kier molecular flexibility index (Phi) is 5.71. The van der Waals surface area contributed by atoms with Crippen LogP contribution in [0.2, 0.25) is 0 Å². The number of rotatable bonds is 6. The van der Waals surface area contributed by atoms with Gasteiger partial charge in [-0.3, -0.25) is 0 Å². The first-order valence-electron chi connectivity index (χ1n) is 4.94. The first kappa shape index (κ1) is 12.5. The van der Waals surface area contributed by atoms with Gasteiger partial charge in [-0.05, 0) is 53.3 Å². The molecule has 15 heavy (non-hydrogen) atoms. The van der Waals surface area contributed by atoms with E-state index in [2.05, 4.69) is 53.5 Å². The highest BCUT2D eigenvalue weighted by molar-refractivity contribution is 14.1. The summed E-state index contributed by atoms with van der Waals surface area (Å²) < 4.78 is 6.86. The first-order valence-corrected chi connectivity index (χ1v) is 6.02. The van der Waals surface area contributed by atoms with Gasteiger partial charge in [0.2, 0.25) is 0 Å². The molecule has 0 atom stereocenters. The fraction of sp³-hybridized carbons (Fsp3) is 0.333. The molecule has 0 saturated carbocycles. The molecule has 0 unspecified atom stereocenters. The van der Waals surface area contributed by atoms with Crippen molar-refractivity contribution in [1.82, 2.24) is 5.32 Å². The molecular formula is C12H16INO. The minimum atomic E-state index is 0.688. The second-order valence-corrected chi connectivity index (χ2v) is 4.41. The first-order chi connectivity index (χ1) is 7.24. The van der Waals surface area contributed by atoms with Crippen molar-refractivity contribution < 1.29 is 4.74 Å². The lowest BCUT2D eigenvalue weighted by Crippen LogP contribution is -2.20. The molecule has 0 heterocycles. The van der Waals surface area contributed by atoms with Crippen molar-refractivity contribution in [2.45, 2.75) is 6.92 Å². The van der Waals surface area contributed by atoms with E-state index in [0.717, 1.165) is 18.8 Å². The summed E-state index contributed by atoms with van der Waals surface area (Å²) in [6.45, 7) is 8.08. The largest absolute Gasteiger partial charge is 0.492 e. The molecule has 0 aromatic heterocycles. The molecule has 1 aromatic carbocycles. The van der Waals surface area contributed by atoms with Crippen LogP contribution in [0.3, 0.4) is 0 Å². The van der Waals surface area contributed by atoms with Crippen molar-refractivity contribution in [3.8, 4) is 5.75 Å². The summed E-state index contributed by atoms with van der Waals surface area (Å²) in [5, 5.41) is 3.19. The van der Waals surface area contributed by atoms with Gasteiger partial charge in [0.1, 0.15) is 12.4 Å². The molecule has 1 aromatic rings. The lowest BCUT2D eigenvalue weighted by atomic mass is 10.2. The van der Waals surface area contributed by atoms with E-state index in [1.54, 1.807) is 0 Å². The third kappa shape index (κ3) is 4.66. The van der Waals surface area contributed by atoms with Crippen molar-refractivity contribution in [2.75, 3.05) is 19.7 Å². The zero-order chi connectivity index (χ0) is 11.1. The van der Waals surface area contributed by atoms with Crippen LogP contribution >= 0.6 is 22.6 Å². The average molecular weight is 317 g/mol. The molecule has 2 nitrogen and oxygen atoms in total. The monoisotopic (exact) mass is 317 g/mol. The van der Waals surface area contributed by atoms with E-state index in [1.165, 1.54) is 9.13 Å². The molecule has 0 aliphatic carbocycles. The number of benzene rings is 1. The maximum atomic E-state index is 5.59. The van der Waals surface area contributed by atoms with Gasteiger partial charge >= 0.3 is 0 Å². The second kappa shape index (κ2) is 6.85. The van der Waals surface area contributed by atoms with E-state index in [1.807, 2.05) is 12.1 Å². The Bertz CT molecular complexity index is 325. The molecule has 0 fully saturated rings. The second-order valence-electron chi connectivity index (χ2n) is 3.25. The fourth-order valence-corrected chi connectivity index (χ4v) is 1.49. The van der Waals surface area contributed by atoms with Gasteiger partial charge in [0, 0.05) is 16.7 Å². The molecule has 0 radical (unpaired) electrons. The summed E-state index contributed by atoms with van der Waals surface area (Å²) in [7, 11) is 0. The Labute approximate surface area is 105 Å². The van der Waals surface area contributed by atoms with Gasteiger partial charge in [0.15, 0.2) is 0 Å². The van der Waals surface area contributed by atoms with Gasteiger partial charge in [-0.15, -0.1) is 6.58 Å². The van der Waals surface area contributed by atoms with Crippen LogP contribution in [-0.4, -0.2) is 19.7 Å². The van der Waals surface area contributed by atoms with Gasteiger partial charge in [0.25, 0.3) is 0 Å². The van der Waals surface area contributed by atoms with E-state index in [4.69, 9.17) is 4.74 Å². The van der Waals surface area contributed by atoms with E-state index < -0.39 is 0 Å². The summed E-state index contributed by atoms with van der Waals surface area (Å²) in [6.07, 6.45) is 1.84. The summed E-state index contributed by atoms with van der Waals surface area (Å²) >= 11 is 2.32. The number of nitrogens with one attached hydrogen (secondary N) is 1. The van der Waals surface area contributed by atoms with E-state index in [-0.39, 0.29) is 0 Å². The predicted molar refractivity (Wildman–Crippen MR) is 72.5 cm³/mol. The molecule has 0 saturated heterocycles. The fourth-order valence-electron chi connectivity index (χ4n) is 1.15. The third-order valence-electron chi connectivity index (χ3n) is 1.97. The van der Waals surface area contributed by atoms with E-state index in [0.29, 0.717) is 6.61 Å². The molecule has 82 valence electrons. The maximum absolute atomic E-state index is 5.59. The zero-order valence-corrected chi connectivity index (χ0v) is 11.1. The normalized spacial score (nSPS) is 10.0. The number of ether oxygens (including phenoxy) is 1. The molecule has 0 amide bonds. The number of aryl methyl sites for hydroxylation is 1. The molecule has 3 heteroatoms. The summed E-state index contributed by atoms with van der Waals surface area (Å²) in [4.78, 5) is 0.